The Balaban J connectivity index is 1.60. The van der Waals surface area contributed by atoms with Gasteiger partial charge in [-0.1, -0.05) is 11.6 Å². The second-order valence-electron chi connectivity index (χ2n) is 7.15. The molecule has 0 fully saturated rings. The van der Waals surface area contributed by atoms with Crippen LogP contribution in [0.25, 0.3) is 11.4 Å². The molecule has 30 heavy (non-hydrogen) atoms. The number of fused-ring (bicyclic) bond motifs is 1. The Labute approximate surface area is 174 Å². The summed E-state index contributed by atoms with van der Waals surface area (Å²) in [7, 11) is 0. The van der Waals surface area contributed by atoms with Crippen molar-refractivity contribution in [3.63, 3.8) is 0 Å². The van der Waals surface area contributed by atoms with Crippen LogP contribution in [0, 0.1) is 5.82 Å². The summed E-state index contributed by atoms with van der Waals surface area (Å²) in [5.74, 6) is -0.542. The first-order valence-electron chi connectivity index (χ1n) is 9.16. The normalized spacial score (nSPS) is 14.6. The molecule has 0 amide bonds. The molecule has 0 radical (unpaired) electrons. The summed E-state index contributed by atoms with van der Waals surface area (Å²) in [6.45, 7) is 0.846. The van der Waals surface area contributed by atoms with Gasteiger partial charge in [-0.2, -0.15) is 13.2 Å². The van der Waals surface area contributed by atoms with Crippen molar-refractivity contribution in [2.45, 2.75) is 25.7 Å². The number of aromatic nitrogens is 2. The standard InChI is InChI=1S/C21H16ClF4N3O/c22-15-3-1-13(2-4-15)19-27-18-11-29(6-5-17(18)20(30)28-19)10-12-7-14(21(24,25)26)9-16(23)8-12/h1-4,7-9H,5-6,10-11H2,(H,27,28,30). The lowest BCUT2D eigenvalue weighted by Gasteiger charge is -2.28. The minimum Gasteiger partial charge on any atom is -0.306 e. The molecular formula is C21H16ClF4N3O. The Kier molecular flexibility index (Phi) is 5.38. The molecule has 4 rings (SSSR count). The van der Waals surface area contributed by atoms with Crippen LogP contribution in [0.1, 0.15) is 22.4 Å². The topological polar surface area (TPSA) is 49.0 Å². The minimum atomic E-state index is -4.62. The SMILES string of the molecule is O=c1[nH]c(-c2ccc(Cl)cc2)nc2c1CCN(Cc1cc(F)cc(C(F)(F)F)c1)C2. The summed E-state index contributed by atoms with van der Waals surface area (Å²) in [4.78, 5) is 21.6. The van der Waals surface area contributed by atoms with Crippen LogP contribution in [0.2, 0.25) is 5.02 Å². The van der Waals surface area contributed by atoms with E-state index in [0.717, 1.165) is 12.1 Å². The van der Waals surface area contributed by atoms with E-state index in [-0.39, 0.29) is 24.2 Å². The summed E-state index contributed by atoms with van der Waals surface area (Å²) in [6, 6.07) is 9.36. The molecule has 0 unspecified atom stereocenters. The summed E-state index contributed by atoms with van der Waals surface area (Å²) in [5, 5.41) is 0.554. The maximum atomic E-state index is 13.7. The predicted octanol–water partition coefficient (Wildman–Crippen LogP) is 4.81. The molecular weight excluding hydrogens is 422 g/mol. The van der Waals surface area contributed by atoms with Gasteiger partial charge in [-0.15, -0.1) is 0 Å². The van der Waals surface area contributed by atoms with E-state index in [1.165, 1.54) is 0 Å². The second-order valence-corrected chi connectivity index (χ2v) is 7.59. The molecule has 2 aromatic carbocycles. The summed E-state index contributed by atoms with van der Waals surface area (Å²) < 4.78 is 52.6. The third kappa shape index (κ3) is 4.39. The van der Waals surface area contributed by atoms with Gasteiger partial charge in [0.25, 0.3) is 5.56 Å². The van der Waals surface area contributed by atoms with Crippen molar-refractivity contribution in [1.82, 2.24) is 14.9 Å². The zero-order valence-electron chi connectivity index (χ0n) is 15.6. The van der Waals surface area contributed by atoms with Crippen LogP contribution in [-0.2, 0) is 25.7 Å². The van der Waals surface area contributed by atoms with Crippen molar-refractivity contribution < 1.29 is 17.6 Å². The minimum absolute atomic E-state index is 0.116. The van der Waals surface area contributed by atoms with Gasteiger partial charge in [-0.25, -0.2) is 9.37 Å². The molecule has 9 heteroatoms. The molecule has 1 aliphatic heterocycles. The molecule has 1 aromatic heterocycles. The molecule has 2 heterocycles. The molecule has 0 atom stereocenters. The lowest BCUT2D eigenvalue weighted by Crippen LogP contribution is -2.35. The van der Waals surface area contributed by atoms with E-state index >= 15 is 0 Å². The van der Waals surface area contributed by atoms with E-state index in [0.29, 0.717) is 46.7 Å². The molecule has 0 saturated heterocycles. The van der Waals surface area contributed by atoms with Crippen molar-refractivity contribution in [2.24, 2.45) is 0 Å². The average molecular weight is 438 g/mol. The van der Waals surface area contributed by atoms with Gasteiger partial charge in [0, 0.05) is 35.8 Å². The van der Waals surface area contributed by atoms with Gasteiger partial charge in [0.2, 0.25) is 0 Å². The Morgan fingerprint density at radius 3 is 2.57 bits per heavy atom. The van der Waals surface area contributed by atoms with E-state index in [1.54, 1.807) is 24.3 Å². The molecule has 156 valence electrons. The Morgan fingerprint density at radius 2 is 1.87 bits per heavy atom. The number of H-pyrrole nitrogens is 1. The number of nitrogens with zero attached hydrogens (tertiary/aromatic N) is 2. The van der Waals surface area contributed by atoms with Crippen LogP contribution in [0.3, 0.4) is 0 Å². The van der Waals surface area contributed by atoms with Crippen LogP contribution in [0.15, 0.2) is 47.3 Å². The summed E-state index contributed by atoms with van der Waals surface area (Å²) in [5.41, 5.74) is 0.760. The number of hydrogen-bond donors (Lipinski definition) is 1. The van der Waals surface area contributed by atoms with Crippen molar-refractivity contribution in [3.05, 3.63) is 86.0 Å². The van der Waals surface area contributed by atoms with Crippen LogP contribution >= 0.6 is 11.6 Å². The van der Waals surface area contributed by atoms with Crippen LogP contribution in [0.4, 0.5) is 17.6 Å². The van der Waals surface area contributed by atoms with E-state index in [1.807, 2.05) is 4.90 Å². The first kappa shape index (κ1) is 20.6. The smallest absolute Gasteiger partial charge is 0.306 e. The highest BCUT2D eigenvalue weighted by atomic mass is 35.5. The van der Waals surface area contributed by atoms with Gasteiger partial charge in [-0.05, 0) is 54.4 Å². The Bertz CT molecular complexity index is 1140. The van der Waals surface area contributed by atoms with Gasteiger partial charge >= 0.3 is 6.18 Å². The Morgan fingerprint density at radius 1 is 1.13 bits per heavy atom. The molecule has 1 N–H and O–H groups in total. The van der Waals surface area contributed by atoms with Crippen molar-refractivity contribution in [2.75, 3.05) is 6.54 Å². The monoisotopic (exact) mass is 437 g/mol. The number of nitrogens with one attached hydrogen (secondary N) is 1. The van der Waals surface area contributed by atoms with Crippen LogP contribution in [-0.4, -0.2) is 21.4 Å². The number of benzene rings is 2. The van der Waals surface area contributed by atoms with Crippen LogP contribution in [0.5, 0.6) is 0 Å². The quantitative estimate of drug-likeness (QED) is 0.598. The third-order valence-corrected chi connectivity index (χ3v) is 5.21. The number of aromatic amines is 1. The van der Waals surface area contributed by atoms with Gasteiger partial charge in [0.1, 0.15) is 11.6 Å². The number of halogens is 5. The van der Waals surface area contributed by atoms with E-state index in [4.69, 9.17) is 11.6 Å². The lowest BCUT2D eigenvalue weighted by atomic mass is 10.0. The highest BCUT2D eigenvalue weighted by Gasteiger charge is 2.31. The third-order valence-electron chi connectivity index (χ3n) is 4.96. The number of hydrogen-bond acceptors (Lipinski definition) is 3. The highest BCUT2D eigenvalue weighted by molar-refractivity contribution is 6.30. The molecule has 0 aliphatic carbocycles. The van der Waals surface area contributed by atoms with Crippen molar-refractivity contribution in [3.8, 4) is 11.4 Å². The molecule has 1 aliphatic rings. The zero-order chi connectivity index (χ0) is 21.5. The lowest BCUT2D eigenvalue weighted by molar-refractivity contribution is -0.137. The number of alkyl halides is 3. The maximum absolute atomic E-state index is 13.7. The first-order chi connectivity index (χ1) is 14.2. The van der Waals surface area contributed by atoms with Gasteiger partial charge in [0.15, 0.2) is 0 Å². The van der Waals surface area contributed by atoms with Gasteiger partial charge < -0.3 is 4.98 Å². The van der Waals surface area contributed by atoms with Crippen LogP contribution < -0.4 is 5.56 Å². The van der Waals surface area contributed by atoms with Gasteiger partial charge in [-0.3, -0.25) is 9.69 Å². The van der Waals surface area contributed by atoms with E-state index in [2.05, 4.69) is 9.97 Å². The second kappa shape index (κ2) is 7.85. The van der Waals surface area contributed by atoms with Crippen molar-refractivity contribution in [1.29, 1.82) is 0 Å². The molecule has 4 nitrogen and oxygen atoms in total. The first-order valence-corrected chi connectivity index (χ1v) is 9.54. The fourth-order valence-corrected chi connectivity index (χ4v) is 3.66. The van der Waals surface area contributed by atoms with Crippen molar-refractivity contribution >= 4 is 11.6 Å². The fourth-order valence-electron chi connectivity index (χ4n) is 3.54. The average Bonchev–Trinajstić information content (AvgIpc) is 2.67. The summed E-state index contributed by atoms with van der Waals surface area (Å²) in [6.07, 6.45) is -4.21. The molecule has 3 aromatic rings. The summed E-state index contributed by atoms with van der Waals surface area (Å²) >= 11 is 5.90. The molecule has 0 bridgehead atoms. The van der Waals surface area contributed by atoms with E-state index in [9.17, 15) is 22.4 Å². The molecule has 0 spiro atoms. The number of rotatable bonds is 3. The Hall–Kier alpha value is -2.71. The predicted molar refractivity (Wildman–Crippen MR) is 105 cm³/mol. The molecule has 0 saturated carbocycles. The zero-order valence-corrected chi connectivity index (χ0v) is 16.3. The highest BCUT2D eigenvalue weighted by Crippen LogP contribution is 2.31. The van der Waals surface area contributed by atoms with Gasteiger partial charge in [0.05, 0.1) is 11.3 Å². The maximum Gasteiger partial charge on any atom is 0.416 e. The van der Waals surface area contributed by atoms with E-state index < -0.39 is 17.6 Å². The fraction of sp³-hybridized carbons (Fsp3) is 0.238. The largest absolute Gasteiger partial charge is 0.416 e.